The molecule has 0 aliphatic heterocycles. The summed E-state index contributed by atoms with van der Waals surface area (Å²) in [6.45, 7) is 0. The second-order valence-electron chi connectivity index (χ2n) is 10.8. The second-order valence-corrected chi connectivity index (χ2v) is 10.8. The van der Waals surface area contributed by atoms with E-state index in [4.69, 9.17) is 0 Å². The summed E-state index contributed by atoms with van der Waals surface area (Å²) in [5.74, 6) is 0. The van der Waals surface area contributed by atoms with Crippen LogP contribution in [0.4, 0.5) is 0 Å². The van der Waals surface area contributed by atoms with E-state index in [9.17, 15) is 15.8 Å². The van der Waals surface area contributed by atoms with Crippen LogP contribution in [0, 0.1) is 34.0 Å². The van der Waals surface area contributed by atoms with Gasteiger partial charge in [-0.3, -0.25) is 0 Å². The van der Waals surface area contributed by atoms with Crippen LogP contribution < -0.4 is 0 Å². The summed E-state index contributed by atoms with van der Waals surface area (Å²) in [5, 5.41) is 33.5. The molecule has 0 bridgehead atoms. The molecule has 5 nitrogen and oxygen atoms in total. The van der Waals surface area contributed by atoms with Crippen LogP contribution in [0.25, 0.3) is 66.1 Å². The van der Waals surface area contributed by atoms with E-state index in [0.717, 1.165) is 66.1 Å². The molecule has 0 saturated heterocycles. The second kappa shape index (κ2) is 9.74. The minimum absolute atomic E-state index is 0.555. The zero-order valence-electron chi connectivity index (χ0n) is 23.4. The predicted molar refractivity (Wildman–Crippen MR) is 175 cm³/mol. The molecule has 2 heterocycles. The summed E-state index contributed by atoms with van der Waals surface area (Å²) in [4.78, 5) is 0. The van der Waals surface area contributed by atoms with Crippen LogP contribution in [-0.2, 0) is 0 Å². The van der Waals surface area contributed by atoms with Gasteiger partial charge in [-0.05, 0) is 72.3 Å². The Kier molecular flexibility index (Phi) is 5.56. The lowest BCUT2D eigenvalue weighted by Crippen LogP contribution is -2.00. The Morgan fingerprint density at radius 1 is 0.409 bits per heavy atom. The van der Waals surface area contributed by atoms with Crippen molar-refractivity contribution < 1.29 is 0 Å². The van der Waals surface area contributed by atoms with Crippen LogP contribution in [0.1, 0.15) is 16.7 Å². The van der Waals surface area contributed by atoms with Crippen molar-refractivity contribution in [3.05, 3.63) is 144 Å². The fourth-order valence-electron chi connectivity index (χ4n) is 6.50. The van der Waals surface area contributed by atoms with Gasteiger partial charge in [-0.25, -0.2) is 0 Å². The number of hydrogen-bond acceptors (Lipinski definition) is 3. The van der Waals surface area contributed by atoms with Crippen molar-refractivity contribution >= 4 is 43.6 Å². The van der Waals surface area contributed by atoms with Crippen LogP contribution in [0.15, 0.2) is 127 Å². The summed E-state index contributed by atoms with van der Waals surface area (Å²) in [6.07, 6.45) is 0. The van der Waals surface area contributed by atoms with Gasteiger partial charge >= 0.3 is 0 Å². The fourth-order valence-corrected chi connectivity index (χ4v) is 6.50. The van der Waals surface area contributed by atoms with Gasteiger partial charge in [0.15, 0.2) is 0 Å². The summed E-state index contributed by atoms with van der Waals surface area (Å²) in [6, 6.07) is 49.1. The van der Waals surface area contributed by atoms with Gasteiger partial charge in [-0.15, -0.1) is 0 Å². The number of nitrogens with zero attached hydrogens (tertiary/aromatic N) is 5. The SMILES string of the molecule is N#Cc1ccc2c(c1)c1ccccc1n2-c1cc(-c2ccccc2-n2c3ccccc3c3cc(C#N)ccc32)ccc1C#N. The van der Waals surface area contributed by atoms with Crippen molar-refractivity contribution in [1.82, 2.24) is 9.13 Å². The maximum Gasteiger partial charge on any atom is 0.101 e. The molecule has 6 aromatic carbocycles. The molecule has 202 valence electrons. The van der Waals surface area contributed by atoms with Crippen molar-refractivity contribution in [2.24, 2.45) is 0 Å². The van der Waals surface area contributed by atoms with Gasteiger partial charge in [0.1, 0.15) is 6.07 Å². The average molecular weight is 560 g/mol. The lowest BCUT2D eigenvalue weighted by atomic mass is 10.00. The van der Waals surface area contributed by atoms with Crippen LogP contribution in [-0.4, -0.2) is 9.13 Å². The normalized spacial score (nSPS) is 11.1. The molecule has 0 unspecified atom stereocenters. The molecular weight excluding hydrogens is 538 g/mol. The number of hydrogen-bond donors (Lipinski definition) is 0. The molecule has 0 radical (unpaired) electrons. The number of fused-ring (bicyclic) bond motifs is 6. The first-order chi connectivity index (χ1) is 21.7. The van der Waals surface area contributed by atoms with E-state index in [-0.39, 0.29) is 0 Å². The van der Waals surface area contributed by atoms with Crippen molar-refractivity contribution in [3.63, 3.8) is 0 Å². The van der Waals surface area contributed by atoms with Crippen LogP contribution in [0.2, 0.25) is 0 Å². The highest BCUT2D eigenvalue weighted by Gasteiger charge is 2.19. The summed E-state index contributed by atoms with van der Waals surface area (Å²) < 4.78 is 4.38. The lowest BCUT2D eigenvalue weighted by molar-refractivity contribution is 1.16. The molecule has 0 N–H and O–H groups in total. The quantitative estimate of drug-likeness (QED) is 0.216. The molecule has 0 spiro atoms. The van der Waals surface area contributed by atoms with Crippen molar-refractivity contribution in [2.45, 2.75) is 0 Å². The molecule has 44 heavy (non-hydrogen) atoms. The standard InChI is InChI=1S/C39H21N5/c40-22-25-13-17-37-32(19-25)30-8-2-5-11-35(30)43(37)34-10-4-1-7-29(34)27-15-16-28(24-42)39(21-27)44-36-12-6-3-9-31(36)33-20-26(23-41)14-18-38(33)44/h1-21H. The number of aromatic nitrogens is 2. The van der Waals surface area contributed by atoms with Crippen LogP contribution in [0.3, 0.4) is 0 Å². The van der Waals surface area contributed by atoms with Gasteiger partial charge < -0.3 is 9.13 Å². The highest BCUT2D eigenvalue weighted by Crippen LogP contribution is 2.39. The Balaban J connectivity index is 1.41. The lowest BCUT2D eigenvalue weighted by Gasteiger charge is -2.16. The molecule has 2 aromatic heterocycles. The van der Waals surface area contributed by atoms with E-state index in [1.807, 2.05) is 84.9 Å². The van der Waals surface area contributed by atoms with Gasteiger partial charge in [0.25, 0.3) is 0 Å². The number of para-hydroxylation sites is 3. The van der Waals surface area contributed by atoms with Gasteiger partial charge in [-0.1, -0.05) is 60.7 Å². The van der Waals surface area contributed by atoms with Crippen LogP contribution in [0.5, 0.6) is 0 Å². The van der Waals surface area contributed by atoms with Gasteiger partial charge in [0, 0.05) is 27.1 Å². The maximum absolute atomic E-state index is 10.3. The van der Waals surface area contributed by atoms with Crippen LogP contribution >= 0.6 is 0 Å². The third kappa shape index (κ3) is 3.63. The van der Waals surface area contributed by atoms with E-state index >= 15 is 0 Å². The third-order valence-corrected chi connectivity index (χ3v) is 8.42. The van der Waals surface area contributed by atoms with Crippen molar-refractivity contribution in [2.75, 3.05) is 0 Å². The predicted octanol–water partition coefficient (Wildman–Crippen LogP) is 9.16. The molecule has 0 saturated carbocycles. The van der Waals surface area contributed by atoms with Crippen molar-refractivity contribution in [1.29, 1.82) is 15.8 Å². The number of rotatable bonds is 3. The number of nitriles is 3. The third-order valence-electron chi connectivity index (χ3n) is 8.42. The molecular formula is C39H21N5. The van der Waals surface area contributed by atoms with E-state index in [2.05, 4.69) is 69.8 Å². The van der Waals surface area contributed by atoms with Gasteiger partial charge in [-0.2, -0.15) is 15.8 Å². The molecule has 8 rings (SSSR count). The first-order valence-electron chi connectivity index (χ1n) is 14.2. The minimum atomic E-state index is 0.555. The Morgan fingerprint density at radius 3 is 1.52 bits per heavy atom. The molecule has 5 heteroatoms. The average Bonchev–Trinajstić information content (AvgIpc) is 3.60. The smallest absolute Gasteiger partial charge is 0.101 e. The summed E-state index contributed by atoms with van der Waals surface area (Å²) in [5.41, 5.74) is 9.49. The van der Waals surface area contributed by atoms with Gasteiger partial charge in [0.2, 0.25) is 0 Å². The Bertz CT molecular complexity index is 2600. The van der Waals surface area contributed by atoms with E-state index < -0.39 is 0 Å². The van der Waals surface area contributed by atoms with Gasteiger partial charge in [0.05, 0.1) is 62.3 Å². The summed E-state index contributed by atoms with van der Waals surface area (Å²) in [7, 11) is 0. The molecule has 0 atom stereocenters. The molecule has 0 fully saturated rings. The first-order valence-corrected chi connectivity index (χ1v) is 14.2. The Labute approximate surface area is 252 Å². The fraction of sp³-hybridized carbons (Fsp3) is 0. The number of benzene rings is 6. The zero-order valence-corrected chi connectivity index (χ0v) is 23.4. The highest BCUT2D eigenvalue weighted by atomic mass is 15.0. The topological polar surface area (TPSA) is 81.2 Å². The summed E-state index contributed by atoms with van der Waals surface area (Å²) >= 11 is 0. The minimum Gasteiger partial charge on any atom is -0.309 e. The zero-order chi connectivity index (χ0) is 29.8. The van der Waals surface area contributed by atoms with E-state index in [1.165, 1.54) is 0 Å². The largest absolute Gasteiger partial charge is 0.309 e. The molecule has 0 amide bonds. The molecule has 8 aromatic rings. The Morgan fingerprint density at radius 2 is 0.932 bits per heavy atom. The van der Waals surface area contributed by atoms with E-state index in [1.54, 1.807) is 0 Å². The first kappa shape index (κ1) is 25.1. The highest BCUT2D eigenvalue weighted by molar-refractivity contribution is 6.11. The van der Waals surface area contributed by atoms with E-state index in [0.29, 0.717) is 16.7 Å². The monoisotopic (exact) mass is 559 g/mol. The molecule has 0 aliphatic carbocycles. The maximum atomic E-state index is 10.3. The van der Waals surface area contributed by atoms with Crippen molar-refractivity contribution in [3.8, 4) is 40.7 Å². The molecule has 0 aliphatic rings. The Hall–Kier alpha value is -6.61.